The SMILES string of the molecule is O=S1(=O)CC[C@@H](COCc2cccnc2)C12CN(C1CCOCC1)C2. The minimum atomic E-state index is -3.03. The molecule has 6 nitrogen and oxygen atoms in total. The molecule has 1 spiro atoms. The third-order valence-electron chi connectivity index (χ3n) is 6.06. The van der Waals surface area contributed by atoms with Crippen molar-refractivity contribution in [3.05, 3.63) is 30.1 Å². The quantitative estimate of drug-likeness (QED) is 0.782. The summed E-state index contributed by atoms with van der Waals surface area (Å²) >= 11 is 0. The summed E-state index contributed by atoms with van der Waals surface area (Å²) in [6.45, 7) is 3.92. The average molecular weight is 366 g/mol. The van der Waals surface area contributed by atoms with E-state index < -0.39 is 14.6 Å². The van der Waals surface area contributed by atoms with Gasteiger partial charge in [-0.3, -0.25) is 9.88 Å². The van der Waals surface area contributed by atoms with E-state index in [4.69, 9.17) is 9.47 Å². The van der Waals surface area contributed by atoms with Crippen molar-refractivity contribution in [3.63, 3.8) is 0 Å². The molecule has 25 heavy (non-hydrogen) atoms. The summed E-state index contributed by atoms with van der Waals surface area (Å²) in [6.07, 6.45) is 6.27. The Hall–Kier alpha value is -1.02. The molecular weight excluding hydrogens is 340 g/mol. The summed E-state index contributed by atoms with van der Waals surface area (Å²) in [7, 11) is -3.03. The van der Waals surface area contributed by atoms with Crippen LogP contribution in [0.3, 0.4) is 0 Å². The van der Waals surface area contributed by atoms with Gasteiger partial charge in [0.1, 0.15) is 4.75 Å². The Kier molecular flexibility index (Phi) is 4.83. The Morgan fingerprint density at radius 3 is 2.80 bits per heavy atom. The number of aromatic nitrogens is 1. The highest BCUT2D eigenvalue weighted by molar-refractivity contribution is 7.93. The van der Waals surface area contributed by atoms with E-state index in [9.17, 15) is 8.42 Å². The molecule has 0 saturated carbocycles. The zero-order valence-corrected chi connectivity index (χ0v) is 15.3. The molecule has 0 amide bonds. The second kappa shape index (κ2) is 6.95. The maximum Gasteiger partial charge on any atom is 0.158 e. The van der Waals surface area contributed by atoms with Gasteiger partial charge in [-0.05, 0) is 30.9 Å². The van der Waals surface area contributed by atoms with Gasteiger partial charge < -0.3 is 9.47 Å². The fraction of sp³-hybridized carbons (Fsp3) is 0.722. The van der Waals surface area contributed by atoms with E-state index in [0.717, 1.165) is 38.0 Å². The van der Waals surface area contributed by atoms with E-state index in [2.05, 4.69) is 9.88 Å². The Balaban J connectivity index is 1.37. The van der Waals surface area contributed by atoms with Gasteiger partial charge in [-0.1, -0.05) is 6.07 Å². The highest BCUT2D eigenvalue weighted by Crippen LogP contribution is 2.46. The third-order valence-corrected chi connectivity index (χ3v) is 8.66. The second-order valence-corrected chi connectivity index (χ2v) is 9.94. The van der Waals surface area contributed by atoms with Crippen molar-refractivity contribution in [2.45, 2.75) is 36.7 Å². The highest BCUT2D eigenvalue weighted by atomic mass is 32.2. The first-order valence-corrected chi connectivity index (χ1v) is 10.8. The Labute approximate surface area is 149 Å². The van der Waals surface area contributed by atoms with Gasteiger partial charge in [0.15, 0.2) is 9.84 Å². The van der Waals surface area contributed by atoms with Crippen molar-refractivity contribution in [2.75, 3.05) is 38.7 Å². The van der Waals surface area contributed by atoms with Crippen LogP contribution in [0.4, 0.5) is 0 Å². The topological polar surface area (TPSA) is 68.7 Å². The van der Waals surface area contributed by atoms with Gasteiger partial charge >= 0.3 is 0 Å². The molecule has 1 aromatic rings. The minimum Gasteiger partial charge on any atom is -0.381 e. The fourth-order valence-electron chi connectivity index (χ4n) is 4.46. The molecule has 3 aliphatic rings. The molecule has 0 bridgehead atoms. The molecule has 7 heteroatoms. The van der Waals surface area contributed by atoms with Gasteiger partial charge in [0.25, 0.3) is 0 Å². The van der Waals surface area contributed by atoms with Gasteiger partial charge in [0.05, 0.1) is 19.0 Å². The molecule has 4 rings (SSSR count). The van der Waals surface area contributed by atoms with Gasteiger partial charge in [0, 0.05) is 50.7 Å². The van der Waals surface area contributed by atoms with Crippen LogP contribution in [0.5, 0.6) is 0 Å². The van der Waals surface area contributed by atoms with Crippen molar-refractivity contribution in [3.8, 4) is 0 Å². The number of hydrogen-bond donors (Lipinski definition) is 0. The molecule has 3 aliphatic heterocycles. The van der Waals surface area contributed by atoms with E-state index in [1.807, 2.05) is 12.1 Å². The Morgan fingerprint density at radius 2 is 2.08 bits per heavy atom. The molecule has 3 fully saturated rings. The maximum absolute atomic E-state index is 12.7. The predicted octanol–water partition coefficient (Wildman–Crippen LogP) is 1.27. The molecule has 3 saturated heterocycles. The molecule has 0 aliphatic carbocycles. The largest absolute Gasteiger partial charge is 0.381 e. The second-order valence-electron chi connectivity index (χ2n) is 7.49. The van der Waals surface area contributed by atoms with Crippen LogP contribution in [0.2, 0.25) is 0 Å². The van der Waals surface area contributed by atoms with Crippen LogP contribution in [0.1, 0.15) is 24.8 Å². The molecule has 1 aromatic heterocycles. The minimum absolute atomic E-state index is 0.102. The zero-order chi connectivity index (χ0) is 17.3. The standard InChI is InChI=1S/C18H26N2O4S/c21-25(22)9-5-16(12-24-11-15-2-1-6-19-10-15)18(25)13-20(14-18)17-3-7-23-8-4-17/h1-2,6,10,16-17H,3-5,7-9,11-14H2/t16-/m0/s1. The Morgan fingerprint density at radius 1 is 1.28 bits per heavy atom. The van der Waals surface area contributed by atoms with E-state index in [-0.39, 0.29) is 5.92 Å². The predicted molar refractivity (Wildman–Crippen MR) is 93.9 cm³/mol. The summed E-state index contributed by atoms with van der Waals surface area (Å²) in [4.78, 5) is 6.43. The number of sulfone groups is 1. The van der Waals surface area contributed by atoms with E-state index in [1.54, 1.807) is 12.4 Å². The molecule has 0 aromatic carbocycles. The van der Waals surface area contributed by atoms with Crippen molar-refractivity contribution in [2.24, 2.45) is 5.92 Å². The van der Waals surface area contributed by atoms with Gasteiger partial charge in [-0.15, -0.1) is 0 Å². The first-order valence-electron chi connectivity index (χ1n) is 9.11. The van der Waals surface area contributed by atoms with E-state index in [1.165, 1.54) is 0 Å². The average Bonchev–Trinajstić information content (AvgIpc) is 2.86. The first kappa shape index (κ1) is 17.4. The van der Waals surface area contributed by atoms with Gasteiger partial charge in [-0.25, -0.2) is 8.42 Å². The van der Waals surface area contributed by atoms with Gasteiger partial charge in [0.2, 0.25) is 0 Å². The Bertz CT molecular complexity index is 682. The van der Waals surface area contributed by atoms with Crippen molar-refractivity contribution >= 4 is 9.84 Å². The lowest BCUT2D eigenvalue weighted by Crippen LogP contribution is -2.70. The van der Waals surface area contributed by atoms with E-state index >= 15 is 0 Å². The maximum atomic E-state index is 12.7. The monoisotopic (exact) mass is 366 g/mol. The molecular formula is C18H26N2O4S. The van der Waals surface area contributed by atoms with Crippen molar-refractivity contribution < 1.29 is 17.9 Å². The number of likely N-dealkylation sites (tertiary alicyclic amines) is 1. The third kappa shape index (κ3) is 3.23. The van der Waals surface area contributed by atoms with Gasteiger partial charge in [-0.2, -0.15) is 0 Å². The zero-order valence-electron chi connectivity index (χ0n) is 14.5. The summed E-state index contributed by atoms with van der Waals surface area (Å²) in [5.74, 6) is 0.403. The molecule has 0 radical (unpaired) electrons. The summed E-state index contributed by atoms with van der Waals surface area (Å²) < 4.78 is 36.1. The smallest absolute Gasteiger partial charge is 0.158 e. The first-order chi connectivity index (χ1) is 12.1. The molecule has 0 N–H and O–H groups in total. The summed E-state index contributed by atoms with van der Waals surface area (Å²) in [5.41, 5.74) is 1.02. The lowest BCUT2D eigenvalue weighted by Gasteiger charge is -2.53. The van der Waals surface area contributed by atoms with Crippen LogP contribution in [-0.4, -0.2) is 67.8 Å². The van der Waals surface area contributed by atoms with E-state index in [0.29, 0.717) is 38.1 Å². The number of rotatable bonds is 5. The van der Waals surface area contributed by atoms with Crippen LogP contribution >= 0.6 is 0 Å². The number of pyridine rings is 1. The molecule has 138 valence electrons. The summed E-state index contributed by atoms with van der Waals surface area (Å²) in [5, 5.41) is 0. The van der Waals surface area contributed by atoms with Crippen LogP contribution in [0, 0.1) is 5.92 Å². The number of hydrogen-bond acceptors (Lipinski definition) is 6. The molecule has 4 heterocycles. The lowest BCUT2D eigenvalue weighted by atomic mass is 9.82. The van der Waals surface area contributed by atoms with Crippen LogP contribution < -0.4 is 0 Å². The highest BCUT2D eigenvalue weighted by Gasteiger charge is 2.62. The van der Waals surface area contributed by atoms with Crippen LogP contribution in [0.25, 0.3) is 0 Å². The van der Waals surface area contributed by atoms with Crippen molar-refractivity contribution in [1.29, 1.82) is 0 Å². The fourth-order valence-corrected chi connectivity index (χ4v) is 6.88. The number of ether oxygens (including phenoxy) is 2. The van der Waals surface area contributed by atoms with Crippen LogP contribution in [0.15, 0.2) is 24.5 Å². The van der Waals surface area contributed by atoms with Crippen molar-refractivity contribution in [1.82, 2.24) is 9.88 Å². The van der Waals surface area contributed by atoms with Crippen LogP contribution in [-0.2, 0) is 25.9 Å². The molecule has 0 unspecified atom stereocenters. The lowest BCUT2D eigenvalue weighted by molar-refractivity contribution is -0.0318. The number of nitrogens with zero attached hydrogens (tertiary/aromatic N) is 2. The molecule has 1 atom stereocenters. The normalized spacial score (nSPS) is 28.9. The summed E-state index contributed by atoms with van der Waals surface area (Å²) in [6, 6.07) is 4.34.